The minimum Gasteiger partial charge on any atom is -0.460 e. The van der Waals surface area contributed by atoms with Gasteiger partial charge < -0.3 is 9.52 Å². The summed E-state index contributed by atoms with van der Waals surface area (Å²) in [6, 6.07) is 4.73. The van der Waals surface area contributed by atoms with Gasteiger partial charge in [-0.2, -0.15) is 0 Å². The van der Waals surface area contributed by atoms with Crippen molar-refractivity contribution in [3.05, 3.63) is 41.8 Å². The van der Waals surface area contributed by atoms with Gasteiger partial charge in [0, 0.05) is 11.3 Å². The van der Waals surface area contributed by atoms with Crippen LogP contribution >= 0.6 is 0 Å². The Balaban J connectivity index is 2.00. The molecular formula is C19H24FO2. The topological polar surface area (TPSA) is 33.4 Å². The van der Waals surface area contributed by atoms with E-state index >= 15 is 0 Å². The lowest BCUT2D eigenvalue weighted by molar-refractivity contribution is 0.136. The molecule has 0 bridgehead atoms. The lowest BCUT2D eigenvalue weighted by Gasteiger charge is -2.33. The summed E-state index contributed by atoms with van der Waals surface area (Å²) in [5.74, 6) is 1.99. The van der Waals surface area contributed by atoms with Crippen LogP contribution in [0, 0.1) is 31.0 Å². The number of rotatable bonds is 3. The van der Waals surface area contributed by atoms with Crippen molar-refractivity contribution in [2.75, 3.05) is 0 Å². The summed E-state index contributed by atoms with van der Waals surface area (Å²) in [4.78, 5) is 0. The van der Waals surface area contributed by atoms with Crippen molar-refractivity contribution in [1.29, 1.82) is 0 Å². The van der Waals surface area contributed by atoms with Gasteiger partial charge in [-0.1, -0.05) is 13.8 Å². The lowest BCUT2D eigenvalue weighted by atomic mass is 9.72. The van der Waals surface area contributed by atoms with Gasteiger partial charge in [-0.25, -0.2) is 4.39 Å². The Hall–Kier alpha value is -1.35. The highest BCUT2D eigenvalue weighted by Gasteiger charge is 2.33. The molecule has 3 rings (SSSR count). The fourth-order valence-electron chi connectivity index (χ4n) is 3.87. The van der Waals surface area contributed by atoms with E-state index in [9.17, 15) is 9.50 Å². The Kier molecular flexibility index (Phi) is 4.26. The molecule has 1 radical (unpaired) electrons. The third-order valence-corrected chi connectivity index (χ3v) is 5.01. The van der Waals surface area contributed by atoms with Crippen LogP contribution in [0.15, 0.2) is 22.6 Å². The minimum absolute atomic E-state index is 0.224. The highest BCUT2D eigenvalue weighted by atomic mass is 19.1. The van der Waals surface area contributed by atoms with Gasteiger partial charge in [0.15, 0.2) is 0 Å². The number of halogens is 1. The van der Waals surface area contributed by atoms with Crippen molar-refractivity contribution in [3.63, 3.8) is 0 Å². The summed E-state index contributed by atoms with van der Waals surface area (Å²) >= 11 is 0. The second-order valence-electron chi connectivity index (χ2n) is 6.88. The van der Waals surface area contributed by atoms with Crippen LogP contribution in [0.5, 0.6) is 0 Å². The van der Waals surface area contributed by atoms with Crippen LogP contribution in [0.2, 0.25) is 0 Å². The first-order valence-electron chi connectivity index (χ1n) is 8.17. The Morgan fingerprint density at radius 3 is 2.68 bits per heavy atom. The van der Waals surface area contributed by atoms with Crippen LogP contribution in [-0.2, 0) is 0 Å². The van der Waals surface area contributed by atoms with Gasteiger partial charge in [0.1, 0.15) is 17.2 Å². The van der Waals surface area contributed by atoms with Crippen LogP contribution in [0.4, 0.5) is 4.39 Å². The third kappa shape index (κ3) is 2.79. The normalized spacial score (nSPS) is 24.1. The first-order valence-corrected chi connectivity index (χ1v) is 8.17. The van der Waals surface area contributed by atoms with Gasteiger partial charge >= 0.3 is 0 Å². The first kappa shape index (κ1) is 15.5. The van der Waals surface area contributed by atoms with Crippen molar-refractivity contribution in [1.82, 2.24) is 0 Å². The SMILES string of the molecule is Cc1c(C(C(C)C)[C@@H]2C[CH][C@@H](O)CC2)oc2ccc(F)cc12. The second kappa shape index (κ2) is 6.04. The minimum atomic E-state index is -0.269. The molecule has 0 aliphatic heterocycles. The Bertz CT molecular complexity index is 651. The van der Waals surface area contributed by atoms with E-state index in [2.05, 4.69) is 13.8 Å². The average Bonchev–Trinajstić information content (AvgIpc) is 2.78. The molecule has 0 saturated heterocycles. The van der Waals surface area contributed by atoms with E-state index in [-0.39, 0.29) is 11.9 Å². The Morgan fingerprint density at radius 2 is 2.05 bits per heavy atom. The van der Waals surface area contributed by atoms with Gasteiger partial charge in [0.25, 0.3) is 0 Å². The van der Waals surface area contributed by atoms with Crippen LogP contribution in [0.1, 0.15) is 50.4 Å². The standard InChI is InChI=1S/C19H24FO2/c1-11(2)18(13-4-7-15(21)8-5-13)19-12(3)16-10-14(20)6-9-17(16)22-19/h6-7,9-11,13,15,18,21H,4-5,8H2,1-3H3/t13-,15-,18?/m1/s1. The van der Waals surface area contributed by atoms with E-state index in [1.54, 1.807) is 12.1 Å². The molecule has 1 heterocycles. The molecule has 1 aromatic carbocycles. The maximum absolute atomic E-state index is 13.5. The molecule has 0 spiro atoms. The molecule has 1 fully saturated rings. The van der Waals surface area contributed by atoms with E-state index < -0.39 is 0 Å². The average molecular weight is 303 g/mol. The van der Waals surface area contributed by atoms with Crippen LogP contribution in [0.25, 0.3) is 11.0 Å². The number of benzene rings is 1. The molecule has 3 atom stereocenters. The summed E-state index contributed by atoms with van der Waals surface area (Å²) in [6.07, 6.45) is 4.48. The number of furan rings is 1. The molecule has 1 aliphatic carbocycles. The molecule has 3 heteroatoms. The Labute approximate surface area is 131 Å². The first-order chi connectivity index (χ1) is 10.5. The number of aryl methyl sites for hydroxylation is 1. The van der Waals surface area contributed by atoms with Crippen LogP contribution < -0.4 is 0 Å². The van der Waals surface area contributed by atoms with Gasteiger partial charge in [0.05, 0.1) is 6.10 Å². The van der Waals surface area contributed by atoms with E-state index in [1.165, 1.54) is 6.07 Å². The largest absolute Gasteiger partial charge is 0.460 e. The summed E-state index contributed by atoms with van der Waals surface area (Å²) < 4.78 is 19.6. The maximum Gasteiger partial charge on any atom is 0.134 e. The monoisotopic (exact) mass is 303 g/mol. The van der Waals surface area contributed by atoms with Crippen LogP contribution in [-0.4, -0.2) is 11.2 Å². The van der Waals surface area contributed by atoms with Gasteiger partial charge in [-0.15, -0.1) is 0 Å². The number of aliphatic hydroxyl groups excluding tert-OH is 1. The van der Waals surface area contributed by atoms with Gasteiger partial charge in [-0.05, 0) is 68.2 Å². The zero-order valence-corrected chi connectivity index (χ0v) is 13.5. The highest BCUT2D eigenvalue weighted by Crippen LogP contribution is 2.43. The maximum atomic E-state index is 13.5. The summed E-state index contributed by atoms with van der Waals surface area (Å²) in [5.41, 5.74) is 1.82. The molecule has 0 amide bonds. The Morgan fingerprint density at radius 1 is 1.27 bits per heavy atom. The van der Waals surface area contributed by atoms with Crippen molar-refractivity contribution in [2.45, 2.75) is 52.1 Å². The zero-order chi connectivity index (χ0) is 15.9. The smallest absolute Gasteiger partial charge is 0.134 e. The zero-order valence-electron chi connectivity index (χ0n) is 13.5. The summed E-state index contributed by atoms with van der Waals surface area (Å²) in [5, 5.41) is 10.6. The predicted octanol–water partition coefficient (Wildman–Crippen LogP) is 4.99. The fraction of sp³-hybridized carbons (Fsp3) is 0.526. The second-order valence-corrected chi connectivity index (χ2v) is 6.88. The molecule has 2 aromatic rings. The third-order valence-electron chi connectivity index (χ3n) is 5.01. The molecule has 2 nitrogen and oxygen atoms in total. The molecule has 1 N–H and O–H groups in total. The van der Waals surface area contributed by atoms with Gasteiger partial charge in [0.2, 0.25) is 0 Å². The molecule has 1 aliphatic rings. The molecule has 22 heavy (non-hydrogen) atoms. The van der Waals surface area contributed by atoms with E-state index in [1.807, 2.05) is 13.3 Å². The van der Waals surface area contributed by atoms with E-state index in [0.717, 1.165) is 41.6 Å². The van der Waals surface area contributed by atoms with Crippen molar-refractivity contribution in [2.24, 2.45) is 11.8 Å². The number of hydrogen-bond acceptors (Lipinski definition) is 2. The van der Waals surface area contributed by atoms with Crippen molar-refractivity contribution >= 4 is 11.0 Å². The molecule has 1 unspecified atom stereocenters. The van der Waals surface area contributed by atoms with E-state index in [0.29, 0.717) is 17.8 Å². The van der Waals surface area contributed by atoms with Crippen molar-refractivity contribution in [3.8, 4) is 0 Å². The predicted molar refractivity (Wildman–Crippen MR) is 86.1 cm³/mol. The lowest BCUT2D eigenvalue weighted by Crippen LogP contribution is -2.26. The molecule has 1 aromatic heterocycles. The van der Waals surface area contributed by atoms with Crippen molar-refractivity contribution < 1.29 is 13.9 Å². The van der Waals surface area contributed by atoms with Gasteiger partial charge in [-0.3, -0.25) is 0 Å². The number of aliphatic hydroxyl groups is 1. The highest BCUT2D eigenvalue weighted by molar-refractivity contribution is 5.82. The number of hydrogen-bond donors (Lipinski definition) is 1. The summed E-state index contributed by atoms with van der Waals surface area (Å²) in [7, 11) is 0. The van der Waals surface area contributed by atoms with Crippen LogP contribution in [0.3, 0.4) is 0 Å². The molecule has 119 valence electrons. The summed E-state index contributed by atoms with van der Waals surface area (Å²) in [6.45, 7) is 6.45. The quantitative estimate of drug-likeness (QED) is 0.867. The molecular weight excluding hydrogens is 279 g/mol. The number of fused-ring (bicyclic) bond motifs is 1. The fourth-order valence-corrected chi connectivity index (χ4v) is 3.87. The molecule has 1 saturated carbocycles. The van der Waals surface area contributed by atoms with E-state index in [4.69, 9.17) is 4.42 Å².